The van der Waals surface area contributed by atoms with Crippen molar-refractivity contribution in [1.29, 1.82) is 0 Å². The van der Waals surface area contributed by atoms with Crippen molar-refractivity contribution in [2.75, 3.05) is 13.1 Å². The van der Waals surface area contributed by atoms with Crippen LogP contribution in [0.2, 0.25) is 15.1 Å². The molecule has 0 atom stereocenters. The Balaban J connectivity index is 1.18. The first-order chi connectivity index (χ1) is 18.2. The number of thiophene rings is 1. The van der Waals surface area contributed by atoms with Crippen molar-refractivity contribution in [1.82, 2.24) is 19.8 Å². The minimum Gasteiger partial charge on any atom is -0.347 e. The molecular formula is C26H23Cl3N4O3S2. The number of nitrogens with one attached hydrogen (secondary N) is 2. The standard InChI is InChI=1S/C26H23Cl3N4O3S2/c27-18-3-1-17(2-4-18)26(34)30-15-20-6-8-25(37-20)38(35,36)33-11-9-16(10-12-33)23-14-24(32-31-23)21-7-5-19(28)13-22(21)29/h1-8,13-14,16H,9-12,15H2,(H,30,34)(H,31,32). The molecule has 1 amide bonds. The van der Waals surface area contributed by atoms with Crippen LogP contribution in [0.4, 0.5) is 0 Å². The first-order valence-corrected chi connectivity index (χ1v) is 15.2. The molecule has 0 aliphatic carbocycles. The Bertz CT molecular complexity index is 1560. The lowest BCUT2D eigenvalue weighted by molar-refractivity contribution is 0.0951. The molecule has 5 rings (SSSR count). The maximum absolute atomic E-state index is 13.3. The number of sulfonamides is 1. The van der Waals surface area contributed by atoms with E-state index in [2.05, 4.69) is 15.5 Å². The zero-order chi connectivity index (χ0) is 26.9. The fourth-order valence-corrected chi connectivity index (χ4v) is 7.93. The van der Waals surface area contributed by atoms with Crippen LogP contribution in [-0.2, 0) is 16.6 Å². The lowest BCUT2D eigenvalue weighted by Gasteiger charge is -2.30. The Labute approximate surface area is 239 Å². The second-order valence-electron chi connectivity index (χ2n) is 8.92. The Morgan fingerprint density at radius 3 is 2.42 bits per heavy atom. The molecule has 3 heterocycles. The SMILES string of the molecule is O=C(NCc1ccc(S(=O)(=O)N2CCC(c3cc(-c4ccc(Cl)cc4Cl)n[nH]3)CC2)s1)c1ccc(Cl)cc1. The van der Waals surface area contributed by atoms with E-state index in [0.29, 0.717) is 46.6 Å². The van der Waals surface area contributed by atoms with Crippen molar-refractivity contribution in [2.45, 2.75) is 29.5 Å². The molecule has 2 aromatic carbocycles. The van der Waals surface area contributed by atoms with Gasteiger partial charge in [-0.15, -0.1) is 11.3 Å². The van der Waals surface area contributed by atoms with Crippen LogP contribution >= 0.6 is 46.1 Å². The highest BCUT2D eigenvalue weighted by Crippen LogP contribution is 2.35. The van der Waals surface area contributed by atoms with E-state index in [0.717, 1.165) is 21.8 Å². The van der Waals surface area contributed by atoms with Crippen LogP contribution in [0.25, 0.3) is 11.3 Å². The van der Waals surface area contributed by atoms with E-state index in [1.807, 2.05) is 12.1 Å². The number of hydrogen-bond donors (Lipinski definition) is 2. The highest BCUT2D eigenvalue weighted by atomic mass is 35.5. The molecule has 0 bridgehead atoms. The highest BCUT2D eigenvalue weighted by Gasteiger charge is 2.31. The third-order valence-electron chi connectivity index (χ3n) is 6.46. The van der Waals surface area contributed by atoms with Crippen LogP contribution < -0.4 is 5.32 Å². The number of rotatable bonds is 7. The normalized spacial score (nSPS) is 15.0. The molecule has 0 saturated carbocycles. The van der Waals surface area contributed by atoms with E-state index in [4.69, 9.17) is 34.8 Å². The summed E-state index contributed by atoms with van der Waals surface area (Å²) in [6.07, 6.45) is 1.34. The van der Waals surface area contributed by atoms with Gasteiger partial charge in [-0.1, -0.05) is 34.8 Å². The van der Waals surface area contributed by atoms with Crippen molar-refractivity contribution in [3.8, 4) is 11.3 Å². The summed E-state index contributed by atoms with van der Waals surface area (Å²) >= 11 is 19.4. The predicted molar refractivity (Wildman–Crippen MR) is 152 cm³/mol. The monoisotopic (exact) mass is 608 g/mol. The fraction of sp³-hybridized carbons (Fsp3) is 0.231. The van der Waals surface area contributed by atoms with Crippen LogP contribution in [0.15, 0.2) is 64.9 Å². The van der Waals surface area contributed by atoms with Crippen LogP contribution in [0.3, 0.4) is 0 Å². The Kier molecular flexibility index (Phi) is 8.14. The van der Waals surface area contributed by atoms with E-state index in [1.54, 1.807) is 48.5 Å². The minimum atomic E-state index is -3.62. The summed E-state index contributed by atoms with van der Waals surface area (Å²) in [5.41, 5.74) is 2.96. The third kappa shape index (κ3) is 5.93. The average Bonchev–Trinajstić information content (AvgIpc) is 3.59. The summed E-state index contributed by atoms with van der Waals surface area (Å²) in [7, 11) is -3.62. The van der Waals surface area contributed by atoms with Crippen molar-refractivity contribution < 1.29 is 13.2 Å². The maximum Gasteiger partial charge on any atom is 0.252 e. The Morgan fingerprint density at radius 2 is 1.71 bits per heavy atom. The van der Waals surface area contributed by atoms with Gasteiger partial charge in [0.25, 0.3) is 15.9 Å². The predicted octanol–water partition coefficient (Wildman–Crippen LogP) is 6.60. The van der Waals surface area contributed by atoms with Gasteiger partial charge in [-0.25, -0.2) is 8.42 Å². The van der Waals surface area contributed by atoms with E-state index < -0.39 is 10.0 Å². The van der Waals surface area contributed by atoms with Crippen LogP contribution in [-0.4, -0.2) is 41.9 Å². The maximum atomic E-state index is 13.3. The van der Waals surface area contributed by atoms with E-state index in [1.165, 1.54) is 15.6 Å². The Hall–Kier alpha value is -2.40. The number of nitrogens with zero attached hydrogens (tertiary/aromatic N) is 2. The highest BCUT2D eigenvalue weighted by molar-refractivity contribution is 7.91. The van der Waals surface area contributed by atoms with Gasteiger partial charge >= 0.3 is 0 Å². The molecule has 0 spiro atoms. The Morgan fingerprint density at radius 1 is 1.00 bits per heavy atom. The zero-order valence-electron chi connectivity index (χ0n) is 20.0. The lowest BCUT2D eigenvalue weighted by Crippen LogP contribution is -2.37. The molecule has 2 aromatic heterocycles. The number of piperidine rings is 1. The van der Waals surface area contributed by atoms with Crippen molar-refractivity contribution in [3.05, 3.63) is 91.9 Å². The number of aromatic nitrogens is 2. The molecule has 1 saturated heterocycles. The first kappa shape index (κ1) is 27.2. The number of hydrogen-bond acceptors (Lipinski definition) is 5. The van der Waals surface area contributed by atoms with Crippen LogP contribution in [0.5, 0.6) is 0 Å². The largest absolute Gasteiger partial charge is 0.347 e. The summed E-state index contributed by atoms with van der Waals surface area (Å²) in [6.45, 7) is 1.05. The summed E-state index contributed by atoms with van der Waals surface area (Å²) in [6, 6.07) is 17.2. The number of H-pyrrole nitrogens is 1. The average molecular weight is 610 g/mol. The van der Waals surface area contributed by atoms with Gasteiger partial charge in [0.2, 0.25) is 0 Å². The van der Waals surface area contributed by atoms with Crippen molar-refractivity contribution in [3.63, 3.8) is 0 Å². The quantitative estimate of drug-likeness (QED) is 0.247. The molecular weight excluding hydrogens is 587 g/mol. The zero-order valence-corrected chi connectivity index (χ0v) is 23.9. The minimum absolute atomic E-state index is 0.163. The summed E-state index contributed by atoms with van der Waals surface area (Å²) in [5, 5.41) is 12.0. The fourth-order valence-electron chi connectivity index (χ4n) is 4.38. The van der Waals surface area contributed by atoms with Gasteiger partial charge in [0, 0.05) is 50.8 Å². The van der Waals surface area contributed by atoms with Gasteiger partial charge in [-0.2, -0.15) is 9.40 Å². The van der Waals surface area contributed by atoms with Gasteiger partial charge in [0.15, 0.2) is 0 Å². The van der Waals surface area contributed by atoms with Gasteiger partial charge in [0.05, 0.1) is 17.3 Å². The molecule has 0 unspecified atom stereocenters. The number of amides is 1. The second kappa shape index (κ2) is 11.4. The second-order valence-corrected chi connectivity index (χ2v) is 13.5. The summed E-state index contributed by atoms with van der Waals surface area (Å²) in [4.78, 5) is 13.1. The van der Waals surface area contributed by atoms with Gasteiger partial charge < -0.3 is 5.32 Å². The number of benzene rings is 2. The molecule has 198 valence electrons. The van der Waals surface area contributed by atoms with E-state index in [9.17, 15) is 13.2 Å². The molecule has 7 nitrogen and oxygen atoms in total. The van der Waals surface area contributed by atoms with Crippen LogP contribution in [0.1, 0.15) is 39.7 Å². The molecule has 4 aromatic rings. The smallest absolute Gasteiger partial charge is 0.252 e. The lowest BCUT2D eigenvalue weighted by atomic mass is 9.94. The summed E-state index contributed by atoms with van der Waals surface area (Å²) < 4.78 is 28.4. The topological polar surface area (TPSA) is 95.2 Å². The van der Waals surface area contributed by atoms with Gasteiger partial charge in [-0.3, -0.25) is 9.89 Å². The molecule has 38 heavy (non-hydrogen) atoms. The number of carbonyl (C=O) groups excluding carboxylic acids is 1. The molecule has 0 radical (unpaired) electrons. The third-order valence-corrected chi connectivity index (χ3v) is 10.7. The summed E-state index contributed by atoms with van der Waals surface area (Å²) in [5.74, 6) is -0.0856. The number of halogens is 3. The van der Waals surface area contributed by atoms with Crippen molar-refractivity contribution >= 4 is 62.1 Å². The van der Waals surface area contributed by atoms with Crippen molar-refractivity contribution in [2.24, 2.45) is 0 Å². The van der Waals surface area contributed by atoms with Gasteiger partial charge in [0.1, 0.15) is 4.21 Å². The van der Waals surface area contributed by atoms with Crippen LogP contribution in [0, 0.1) is 0 Å². The molecule has 2 N–H and O–H groups in total. The molecule has 12 heteroatoms. The van der Waals surface area contributed by atoms with E-state index >= 15 is 0 Å². The molecule has 1 aliphatic heterocycles. The number of carbonyl (C=O) groups is 1. The number of aromatic amines is 1. The van der Waals surface area contributed by atoms with Gasteiger partial charge in [-0.05, 0) is 73.5 Å². The van der Waals surface area contributed by atoms with E-state index in [-0.39, 0.29) is 22.6 Å². The molecule has 1 fully saturated rings. The molecule has 1 aliphatic rings. The first-order valence-electron chi connectivity index (χ1n) is 11.8.